The number of ether oxygens (including phenoxy) is 2. The van der Waals surface area contributed by atoms with Crippen molar-refractivity contribution >= 4 is 45.2 Å². The van der Waals surface area contributed by atoms with E-state index in [1.54, 1.807) is 48.7 Å². The highest BCUT2D eigenvalue weighted by Crippen LogP contribution is 2.20. The number of nitrogens with zero attached hydrogens (tertiary/aromatic N) is 2. The molecule has 0 saturated carbocycles. The Bertz CT molecular complexity index is 1250. The summed E-state index contributed by atoms with van der Waals surface area (Å²) in [7, 11) is 0. The van der Waals surface area contributed by atoms with Gasteiger partial charge in [0, 0.05) is 11.1 Å². The fraction of sp³-hybridized carbons (Fsp3) is 0.261. The van der Waals surface area contributed by atoms with Crippen molar-refractivity contribution < 1.29 is 28.7 Å². The van der Waals surface area contributed by atoms with Crippen LogP contribution in [0, 0.1) is 0 Å². The number of carbonyl (C=O) groups is 4. The van der Waals surface area contributed by atoms with E-state index in [2.05, 4.69) is 4.99 Å². The standard InChI is InChI=1S/C23H22N2O6S/c1-4-30-20(27)13-25-18-11-10-17(22(29)31-5-2)12-19(18)32-23(25)24-21(28)16-8-6-15(7-9-16)14(3)26/h6-12H,4-5,13H2,1-3H3. The van der Waals surface area contributed by atoms with Gasteiger partial charge in [-0.2, -0.15) is 4.99 Å². The molecule has 0 bridgehead atoms. The Kier molecular flexibility index (Phi) is 7.32. The van der Waals surface area contributed by atoms with Gasteiger partial charge in [-0.05, 0) is 51.1 Å². The zero-order valence-corrected chi connectivity index (χ0v) is 18.7. The molecule has 0 N–H and O–H groups in total. The summed E-state index contributed by atoms with van der Waals surface area (Å²) in [6, 6.07) is 11.1. The number of hydrogen-bond acceptors (Lipinski definition) is 7. The van der Waals surface area contributed by atoms with Gasteiger partial charge >= 0.3 is 11.9 Å². The molecule has 0 aliphatic rings. The summed E-state index contributed by atoms with van der Waals surface area (Å²) in [5.74, 6) is -1.55. The fourth-order valence-corrected chi connectivity index (χ4v) is 4.05. The lowest BCUT2D eigenvalue weighted by Gasteiger charge is -2.06. The van der Waals surface area contributed by atoms with Crippen LogP contribution in [-0.4, -0.2) is 41.4 Å². The van der Waals surface area contributed by atoms with E-state index < -0.39 is 17.8 Å². The first kappa shape index (κ1) is 23.1. The molecule has 8 nitrogen and oxygen atoms in total. The molecule has 32 heavy (non-hydrogen) atoms. The monoisotopic (exact) mass is 454 g/mol. The van der Waals surface area contributed by atoms with Gasteiger partial charge in [-0.3, -0.25) is 14.4 Å². The molecule has 2 aromatic carbocycles. The fourth-order valence-electron chi connectivity index (χ4n) is 2.99. The number of benzene rings is 2. The molecule has 0 unspecified atom stereocenters. The smallest absolute Gasteiger partial charge is 0.338 e. The van der Waals surface area contributed by atoms with Crippen molar-refractivity contribution in [1.29, 1.82) is 0 Å². The van der Waals surface area contributed by atoms with Crippen molar-refractivity contribution in [2.75, 3.05) is 13.2 Å². The second kappa shape index (κ2) is 10.1. The molecule has 0 saturated heterocycles. The van der Waals surface area contributed by atoms with Crippen molar-refractivity contribution in [3.63, 3.8) is 0 Å². The molecule has 3 rings (SSSR count). The van der Waals surface area contributed by atoms with E-state index in [4.69, 9.17) is 9.47 Å². The van der Waals surface area contributed by atoms with Gasteiger partial charge in [-0.15, -0.1) is 0 Å². The van der Waals surface area contributed by atoms with Gasteiger partial charge in [0.15, 0.2) is 10.6 Å². The van der Waals surface area contributed by atoms with Crippen LogP contribution in [0.2, 0.25) is 0 Å². The van der Waals surface area contributed by atoms with Gasteiger partial charge in [0.05, 0.1) is 29.0 Å². The quantitative estimate of drug-likeness (QED) is 0.400. The molecule has 0 radical (unpaired) electrons. The lowest BCUT2D eigenvalue weighted by Crippen LogP contribution is -2.23. The van der Waals surface area contributed by atoms with Crippen LogP contribution in [0.5, 0.6) is 0 Å². The minimum atomic E-state index is -0.519. The molecular formula is C23H22N2O6S. The van der Waals surface area contributed by atoms with Crippen LogP contribution in [0.3, 0.4) is 0 Å². The van der Waals surface area contributed by atoms with E-state index >= 15 is 0 Å². The minimum absolute atomic E-state index is 0.102. The van der Waals surface area contributed by atoms with Crippen molar-refractivity contribution in [3.05, 3.63) is 64.0 Å². The Labute approximate surface area is 188 Å². The molecule has 3 aromatic rings. The molecule has 9 heteroatoms. The molecule has 166 valence electrons. The van der Waals surface area contributed by atoms with E-state index in [9.17, 15) is 19.2 Å². The molecular weight excluding hydrogens is 432 g/mol. The van der Waals surface area contributed by atoms with E-state index in [1.807, 2.05) is 0 Å². The molecule has 0 atom stereocenters. The Balaban J connectivity index is 2.07. The van der Waals surface area contributed by atoms with Crippen LogP contribution in [0.25, 0.3) is 10.2 Å². The van der Waals surface area contributed by atoms with Gasteiger partial charge in [0.25, 0.3) is 5.91 Å². The Morgan fingerprint density at radius 2 is 1.53 bits per heavy atom. The zero-order valence-electron chi connectivity index (χ0n) is 17.9. The Morgan fingerprint density at radius 1 is 0.906 bits per heavy atom. The number of rotatable bonds is 7. The highest BCUT2D eigenvalue weighted by atomic mass is 32.1. The highest BCUT2D eigenvalue weighted by Gasteiger charge is 2.15. The summed E-state index contributed by atoms with van der Waals surface area (Å²) in [5.41, 5.74) is 1.80. The summed E-state index contributed by atoms with van der Waals surface area (Å²) in [6.07, 6.45) is 0. The third-order valence-electron chi connectivity index (χ3n) is 4.52. The minimum Gasteiger partial charge on any atom is -0.465 e. The van der Waals surface area contributed by atoms with Crippen LogP contribution >= 0.6 is 11.3 Å². The number of ketones is 1. The summed E-state index contributed by atoms with van der Waals surface area (Å²) < 4.78 is 12.3. The number of aromatic nitrogens is 1. The summed E-state index contributed by atoms with van der Waals surface area (Å²) in [6.45, 7) is 5.22. The third-order valence-corrected chi connectivity index (χ3v) is 5.56. The Hall–Kier alpha value is -3.59. The third kappa shape index (κ3) is 5.17. The van der Waals surface area contributed by atoms with E-state index in [-0.39, 0.29) is 30.3 Å². The van der Waals surface area contributed by atoms with E-state index in [0.717, 1.165) is 0 Å². The predicted octanol–water partition coefficient (Wildman–Crippen LogP) is 3.39. The van der Waals surface area contributed by atoms with Crippen LogP contribution in [0.1, 0.15) is 51.8 Å². The van der Waals surface area contributed by atoms with Crippen molar-refractivity contribution in [1.82, 2.24) is 4.57 Å². The van der Waals surface area contributed by atoms with Crippen molar-refractivity contribution in [2.45, 2.75) is 27.3 Å². The van der Waals surface area contributed by atoms with Gasteiger partial charge in [0.2, 0.25) is 0 Å². The van der Waals surface area contributed by atoms with Gasteiger partial charge < -0.3 is 14.0 Å². The normalized spacial score (nSPS) is 11.4. The number of thiazole rings is 1. The lowest BCUT2D eigenvalue weighted by atomic mass is 10.1. The lowest BCUT2D eigenvalue weighted by molar-refractivity contribution is -0.143. The zero-order chi connectivity index (χ0) is 23.3. The molecule has 0 fully saturated rings. The van der Waals surface area contributed by atoms with E-state index in [0.29, 0.717) is 26.9 Å². The van der Waals surface area contributed by atoms with Gasteiger partial charge in [-0.1, -0.05) is 23.5 Å². The number of amides is 1. The topological polar surface area (TPSA) is 104 Å². The maximum Gasteiger partial charge on any atom is 0.338 e. The maximum absolute atomic E-state index is 12.7. The molecule has 1 aromatic heterocycles. The number of fused-ring (bicyclic) bond motifs is 1. The van der Waals surface area contributed by atoms with Crippen molar-refractivity contribution in [2.24, 2.45) is 4.99 Å². The van der Waals surface area contributed by atoms with Crippen molar-refractivity contribution in [3.8, 4) is 0 Å². The van der Waals surface area contributed by atoms with Gasteiger partial charge in [-0.25, -0.2) is 4.79 Å². The number of hydrogen-bond donors (Lipinski definition) is 0. The number of Topliss-reactive ketones (excluding diaryl/α,β-unsaturated/α-hetero) is 1. The first-order valence-electron chi connectivity index (χ1n) is 10.00. The molecule has 0 spiro atoms. The second-order valence-corrected chi connectivity index (χ2v) is 7.74. The maximum atomic E-state index is 12.7. The molecule has 0 aliphatic heterocycles. The average molecular weight is 455 g/mol. The van der Waals surface area contributed by atoms with Crippen LogP contribution in [0.4, 0.5) is 0 Å². The summed E-state index contributed by atoms with van der Waals surface area (Å²) in [5, 5.41) is 0. The first-order valence-corrected chi connectivity index (χ1v) is 10.8. The molecule has 0 aliphatic carbocycles. The van der Waals surface area contributed by atoms with Crippen LogP contribution in [0.15, 0.2) is 47.5 Å². The number of carbonyl (C=O) groups excluding carboxylic acids is 4. The largest absolute Gasteiger partial charge is 0.465 e. The van der Waals surface area contributed by atoms with E-state index in [1.165, 1.54) is 30.4 Å². The van der Waals surface area contributed by atoms with Crippen LogP contribution in [-0.2, 0) is 20.8 Å². The molecule has 1 heterocycles. The predicted molar refractivity (Wildman–Crippen MR) is 119 cm³/mol. The summed E-state index contributed by atoms with van der Waals surface area (Å²) in [4.78, 5) is 52.9. The Morgan fingerprint density at radius 3 is 2.16 bits per heavy atom. The first-order chi connectivity index (χ1) is 15.3. The highest BCUT2D eigenvalue weighted by molar-refractivity contribution is 7.16. The molecule has 1 amide bonds. The van der Waals surface area contributed by atoms with Gasteiger partial charge in [0.1, 0.15) is 6.54 Å². The second-order valence-electron chi connectivity index (χ2n) is 6.73. The number of esters is 2. The average Bonchev–Trinajstić information content (AvgIpc) is 3.10. The SMILES string of the molecule is CCOC(=O)Cn1c(=NC(=O)c2ccc(C(C)=O)cc2)sc2cc(C(=O)OCC)ccc21. The summed E-state index contributed by atoms with van der Waals surface area (Å²) >= 11 is 1.17. The van der Waals surface area contributed by atoms with Crippen LogP contribution < -0.4 is 4.80 Å².